The van der Waals surface area contributed by atoms with Crippen molar-refractivity contribution < 1.29 is 4.39 Å². The predicted octanol–water partition coefficient (Wildman–Crippen LogP) is 3.13. The summed E-state index contributed by atoms with van der Waals surface area (Å²) in [6.45, 7) is 6.08. The third kappa shape index (κ3) is 5.77. The molecule has 2 rings (SSSR count). The molecular weight excluding hydrogens is 359 g/mol. The number of guanidine groups is 1. The Balaban J connectivity index is 1.80. The first-order chi connectivity index (χ1) is 11.1. The first-order valence-electron chi connectivity index (χ1n) is 8.25. The lowest BCUT2D eigenvalue weighted by atomic mass is 10.1. The highest BCUT2D eigenvalue weighted by molar-refractivity contribution is 9.10. The monoisotopic (exact) mass is 384 g/mol. The molecule has 0 unspecified atom stereocenters. The van der Waals surface area contributed by atoms with Crippen LogP contribution < -0.4 is 10.6 Å². The molecule has 2 N–H and O–H groups in total. The molecule has 1 saturated heterocycles. The molecule has 4 nitrogen and oxygen atoms in total. The molecule has 0 aromatic heterocycles. The Bertz CT molecular complexity index is 527. The molecule has 1 aliphatic rings. The number of rotatable bonds is 5. The Labute approximate surface area is 146 Å². The largest absolute Gasteiger partial charge is 0.354 e. The maximum Gasteiger partial charge on any atom is 0.191 e. The maximum absolute atomic E-state index is 13.8. The summed E-state index contributed by atoms with van der Waals surface area (Å²) >= 11 is 3.27. The van der Waals surface area contributed by atoms with Crippen LogP contribution in [-0.2, 0) is 6.54 Å². The van der Waals surface area contributed by atoms with Gasteiger partial charge in [-0.1, -0.05) is 28.9 Å². The van der Waals surface area contributed by atoms with Gasteiger partial charge < -0.3 is 15.5 Å². The van der Waals surface area contributed by atoms with Crippen molar-refractivity contribution >= 4 is 21.9 Å². The van der Waals surface area contributed by atoms with E-state index < -0.39 is 0 Å². The van der Waals surface area contributed by atoms with Gasteiger partial charge >= 0.3 is 0 Å². The van der Waals surface area contributed by atoms with Gasteiger partial charge in [0.2, 0.25) is 0 Å². The molecule has 1 heterocycles. The molecule has 1 aliphatic heterocycles. The van der Waals surface area contributed by atoms with E-state index in [-0.39, 0.29) is 5.82 Å². The topological polar surface area (TPSA) is 39.7 Å². The summed E-state index contributed by atoms with van der Waals surface area (Å²) in [6, 6.07) is 5.54. The van der Waals surface area contributed by atoms with E-state index in [1.165, 1.54) is 19.0 Å². The number of halogens is 2. The first-order valence-corrected chi connectivity index (χ1v) is 9.05. The van der Waals surface area contributed by atoms with E-state index in [1.807, 2.05) is 6.07 Å². The molecule has 1 fully saturated rings. The standard InChI is InChI=1S/C17H26BrFN4/c1-3-8-23-9-6-15(7-10-23)22-17(20-2)21-12-13-4-5-14(18)11-16(13)19/h4-5,11,15H,3,6-10,12H2,1-2H3,(H2,20,21,22). The number of piperidine rings is 1. The van der Waals surface area contributed by atoms with Crippen LogP contribution in [0.15, 0.2) is 27.7 Å². The highest BCUT2D eigenvalue weighted by atomic mass is 79.9. The average Bonchev–Trinajstić information content (AvgIpc) is 2.54. The van der Waals surface area contributed by atoms with Gasteiger partial charge in [0.05, 0.1) is 0 Å². The minimum atomic E-state index is -0.213. The summed E-state index contributed by atoms with van der Waals surface area (Å²) in [4.78, 5) is 6.75. The van der Waals surface area contributed by atoms with E-state index in [0.717, 1.165) is 36.4 Å². The van der Waals surface area contributed by atoms with Gasteiger partial charge in [0, 0.05) is 42.8 Å². The third-order valence-electron chi connectivity index (χ3n) is 4.15. The smallest absolute Gasteiger partial charge is 0.191 e. The van der Waals surface area contributed by atoms with Crippen molar-refractivity contribution in [2.45, 2.75) is 38.8 Å². The van der Waals surface area contributed by atoms with Crippen molar-refractivity contribution in [1.29, 1.82) is 0 Å². The number of aliphatic imine (C=N–C) groups is 1. The van der Waals surface area contributed by atoms with Gasteiger partial charge in [-0.05, 0) is 37.9 Å². The maximum atomic E-state index is 13.8. The summed E-state index contributed by atoms with van der Waals surface area (Å²) in [5.74, 6) is 0.525. The van der Waals surface area contributed by atoms with Crippen LogP contribution in [0.5, 0.6) is 0 Å². The molecule has 1 aromatic rings. The number of nitrogens with one attached hydrogen (secondary N) is 2. The van der Waals surface area contributed by atoms with Crippen LogP contribution in [0.1, 0.15) is 31.7 Å². The van der Waals surface area contributed by atoms with E-state index in [9.17, 15) is 4.39 Å². The van der Waals surface area contributed by atoms with Crippen molar-refractivity contribution in [3.63, 3.8) is 0 Å². The van der Waals surface area contributed by atoms with Crippen molar-refractivity contribution in [3.8, 4) is 0 Å². The Morgan fingerprint density at radius 2 is 2.13 bits per heavy atom. The van der Waals surface area contributed by atoms with Crippen LogP contribution >= 0.6 is 15.9 Å². The van der Waals surface area contributed by atoms with E-state index in [1.54, 1.807) is 13.1 Å². The highest BCUT2D eigenvalue weighted by Crippen LogP contribution is 2.15. The van der Waals surface area contributed by atoms with Crippen molar-refractivity contribution in [1.82, 2.24) is 15.5 Å². The Morgan fingerprint density at radius 3 is 2.74 bits per heavy atom. The van der Waals surface area contributed by atoms with Gasteiger partial charge in [-0.3, -0.25) is 4.99 Å². The fraction of sp³-hybridized carbons (Fsp3) is 0.588. The first kappa shape index (κ1) is 18.2. The van der Waals surface area contributed by atoms with Crippen LogP contribution in [0.3, 0.4) is 0 Å². The predicted molar refractivity (Wildman–Crippen MR) is 97.2 cm³/mol. The quantitative estimate of drug-likeness (QED) is 0.605. The molecule has 6 heteroatoms. The molecule has 0 saturated carbocycles. The van der Waals surface area contributed by atoms with Gasteiger partial charge in [0.25, 0.3) is 0 Å². The second-order valence-corrected chi connectivity index (χ2v) is 6.84. The lowest BCUT2D eigenvalue weighted by Crippen LogP contribution is -2.48. The fourth-order valence-electron chi connectivity index (χ4n) is 2.85. The molecule has 0 amide bonds. The Morgan fingerprint density at radius 1 is 1.39 bits per heavy atom. The van der Waals surface area contributed by atoms with Gasteiger partial charge in [-0.25, -0.2) is 4.39 Å². The van der Waals surface area contributed by atoms with Gasteiger partial charge in [-0.2, -0.15) is 0 Å². The summed E-state index contributed by atoms with van der Waals surface area (Å²) in [5.41, 5.74) is 0.633. The molecular formula is C17H26BrFN4. The lowest BCUT2D eigenvalue weighted by Gasteiger charge is -2.32. The SMILES string of the molecule is CCCN1CCC(NC(=NC)NCc2ccc(Br)cc2F)CC1. The molecule has 0 radical (unpaired) electrons. The summed E-state index contributed by atoms with van der Waals surface area (Å²) in [6.07, 6.45) is 3.45. The third-order valence-corrected chi connectivity index (χ3v) is 4.65. The van der Waals surface area contributed by atoms with Crippen molar-refractivity contribution in [2.75, 3.05) is 26.7 Å². The van der Waals surface area contributed by atoms with E-state index in [4.69, 9.17) is 0 Å². The van der Waals surface area contributed by atoms with Crippen molar-refractivity contribution in [2.24, 2.45) is 4.99 Å². The second kappa shape index (κ2) is 9.23. The van der Waals surface area contributed by atoms with E-state index >= 15 is 0 Å². The summed E-state index contributed by atoms with van der Waals surface area (Å²) in [7, 11) is 1.75. The summed E-state index contributed by atoms with van der Waals surface area (Å²) < 4.78 is 14.6. The minimum Gasteiger partial charge on any atom is -0.354 e. The molecule has 0 bridgehead atoms. The molecule has 0 spiro atoms. The van der Waals surface area contributed by atoms with E-state index in [2.05, 4.69) is 43.4 Å². The normalized spacial score (nSPS) is 17.3. The molecule has 0 atom stereocenters. The van der Waals surface area contributed by atoms with Gasteiger partial charge in [-0.15, -0.1) is 0 Å². The number of hydrogen-bond acceptors (Lipinski definition) is 2. The Kier molecular flexibility index (Phi) is 7.30. The van der Waals surface area contributed by atoms with Crippen LogP contribution in [0.25, 0.3) is 0 Å². The molecule has 128 valence electrons. The zero-order valence-electron chi connectivity index (χ0n) is 13.9. The zero-order chi connectivity index (χ0) is 16.7. The molecule has 23 heavy (non-hydrogen) atoms. The second-order valence-electron chi connectivity index (χ2n) is 5.92. The molecule has 0 aliphatic carbocycles. The van der Waals surface area contributed by atoms with Crippen LogP contribution in [-0.4, -0.2) is 43.6 Å². The highest BCUT2D eigenvalue weighted by Gasteiger charge is 2.19. The number of likely N-dealkylation sites (tertiary alicyclic amines) is 1. The zero-order valence-corrected chi connectivity index (χ0v) is 15.5. The van der Waals surface area contributed by atoms with E-state index in [0.29, 0.717) is 18.2 Å². The number of nitrogens with zero attached hydrogens (tertiary/aromatic N) is 2. The number of hydrogen-bond donors (Lipinski definition) is 2. The number of benzene rings is 1. The van der Waals surface area contributed by atoms with Crippen LogP contribution in [0, 0.1) is 5.82 Å². The van der Waals surface area contributed by atoms with Gasteiger partial charge in [0.1, 0.15) is 5.82 Å². The van der Waals surface area contributed by atoms with Crippen LogP contribution in [0.2, 0.25) is 0 Å². The fourth-order valence-corrected chi connectivity index (χ4v) is 3.18. The van der Waals surface area contributed by atoms with Gasteiger partial charge in [0.15, 0.2) is 5.96 Å². The lowest BCUT2D eigenvalue weighted by molar-refractivity contribution is 0.206. The Hall–Kier alpha value is -1.14. The van der Waals surface area contributed by atoms with Crippen molar-refractivity contribution in [3.05, 3.63) is 34.1 Å². The minimum absolute atomic E-state index is 0.213. The van der Waals surface area contributed by atoms with Crippen LogP contribution in [0.4, 0.5) is 4.39 Å². The summed E-state index contributed by atoms with van der Waals surface area (Å²) in [5, 5.41) is 6.65. The molecule has 1 aromatic carbocycles. The average molecular weight is 385 g/mol.